The van der Waals surface area contributed by atoms with E-state index >= 15 is 0 Å². The largest absolute Gasteiger partial charge is 0.352 e. The smallest absolute Gasteiger partial charge is 0.175 e. The summed E-state index contributed by atoms with van der Waals surface area (Å²) >= 11 is 6.09. The number of sulfone groups is 1. The molecule has 1 unspecified atom stereocenters. The van der Waals surface area contributed by atoms with Crippen molar-refractivity contribution in [1.82, 2.24) is 9.97 Å². The minimum absolute atomic E-state index is 0.00121. The highest BCUT2D eigenvalue weighted by Crippen LogP contribution is 2.31. The van der Waals surface area contributed by atoms with Gasteiger partial charge in [0.25, 0.3) is 0 Å². The van der Waals surface area contributed by atoms with Crippen LogP contribution in [-0.2, 0) is 9.84 Å². The number of hydrogen-bond acceptors (Lipinski definition) is 5. The third-order valence-electron chi connectivity index (χ3n) is 4.26. The Bertz CT molecular complexity index is 1040. The van der Waals surface area contributed by atoms with Gasteiger partial charge in [-0.15, -0.1) is 0 Å². The Kier molecular flexibility index (Phi) is 4.67. The Morgan fingerprint density at radius 3 is 2.56 bits per heavy atom. The Morgan fingerprint density at radius 2 is 1.88 bits per heavy atom. The van der Waals surface area contributed by atoms with Crippen molar-refractivity contribution in [3.05, 3.63) is 59.4 Å². The number of benzene rings is 2. The topological polar surface area (TPSA) is 63.2 Å². The van der Waals surface area contributed by atoms with Crippen LogP contribution in [0.1, 0.15) is 18.5 Å². The van der Waals surface area contributed by atoms with E-state index in [1.54, 1.807) is 18.2 Å². The molecule has 3 aromatic rings. The standard InChI is InChI=1S/C18H18ClN3O2S/c1-12(13-5-4-6-14(19)9-13)22(2)18-16-10-15(25(3,23)24)7-8-17(16)20-11-21-18/h4-12H,1-3H3. The van der Waals surface area contributed by atoms with Gasteiger partial charge in [0, 0.05) is 23.7 Å². The lowest BCUT2D eigenvalue weighted by Gasteiger charge is -2.27. The summed E-state index contributed by atoms with van der Waals surface area (Å²) in [5, 5.41) is 1.37. The van der Waals surface area contributed by atoms with Crippen LogP contribution >= 0.6 is 11.6 Å². The van der Waals surface area contributed by atoms with Crippen molar-refractivity contribution in [3.63, 3.8) is 0 Å². The number of halogens is 1. The third kappa shape index (κ3) is 3.60. The van der Waals surface area contributed by atoms with Crippen molar-refractivity contribution >= 4 is 38.2 Å². The first-order valence-electron chi connectivity index (χ1n) is 7.70. The van der Waals surface area contributed by atoms with Gasteiger partial charge in [-0.05, 0) is 42.8 Å². The predicted molar refractivity (Wildman–Crippen MR) is 101 cm³/mol. The van der Waals surface area contributed by atoms with Crippen LogP contribution in [0, 0.1) is 0 Å². The highest BCUT2D eigenvalue weighted by molar-refractivity contribution is 7.90. The van der Waals surface area contributed by atoms with Gasteiger partial charge in [0.15, 0.2) is 9.84 Å². The Hall–Kier alpha value is -2.18. The molecule has 0 N–H and O–H groups in total. The van der Waals surface area contributed by atoms with Gasteiger partial charge in [-0.1, -0.05) is 23.7 Å². The number of anilines is 1. The normalized spacial score (nSPS) is 13.0. The van der Waals surface area contributed by atoms with E-state index in [4.69, 9.17) is 11.6 Å². The van der Waals surface area contributed by atoms with E-state index in [9.17, 15) is 8.42 Å². The number of aromatic nitrogens is 2. The van der Waals surface area contributed by atoms with Crippen LogP contribution in [0.25, 0.3) is 10.9 Å². The quantitative estimate of drug-likeness (QED) is 0.692. The first-order valence-corrected chi connectivity index (χ1v) is 9.97. The van der Waals surface area contributed by atoms with Crippen molar-refractivity contribution in [2.45, 2.75) is 17.9 Å². The van der Waals surface area contributed by atoms with E-state index in [-0.39, 0.29) is 10.9 Å². The molecular formula is C18H18ClN3O2S. The number of rotatable bonds is 4. The van der Waals surface area contributed by atoms with E-state index < -0.39 is 9.84 Å². The maximum atomic E-state index is 11.9. The van der Waals surface area contributed by atoms with Gasteiger partial charge in [0.05, 0.1) is 16.5 Å². The van der Waals surface area contributed by atoms with Crippen LogP contribution < -0.4 is 4.90 Å². The second kappa shape index (κ2) is 6.61. The van der Waals surface area contributed by atoms with Crippen LogP contribution in [0.2, 0.25) is 5.02 Å². The minimum Gasteiger partial charge on any atom is -0.352 e. The Labute approximate surface area is 152 Å². The molecule has 3 rings (SSSR count). The van der Waals surface area contributed by atoms with Crippen LogP contribution in [0.5, 0.6) is 0 Å². The molecule has 130 valence electrons. The van der Waals surface area contributed by atoms with Crippen LogP contribution in [0.4, 0.5) is 5.82 Å². The molecule has 0 aliphatic carbocycles. The van der Waals surface area contributed by atoms with Gasteiger partial charge >= 0.3 is 0 Å². The van der Waals surface area contributed by atoms with E-state index in [0.717, 1.165) is 5.56 Å². The SMILES string of the molecule is CC(c1cccc(Cl)c1)N(C)c1ncnc2ccc(S(C)(=O)=O)cc12. The van der Waals surface area contributed by atoms with Crippen molar-refractivity contribution in [2.75, 3.05) is 18.2 Å². The molecule has 1 heterocycles. The fourth-order valence-electron chi connectivity index (χ4n) is 2.71. The summed E-state index contributed by atoms with van der Waals surface area (Å²) in [4.78, 5) is 10.9. The average molecular weight is 376 g/mol. The molecule has 1 atom stereocenters. The van der Waals surface area contributed by atoms with Gasteiger partial charge in [0.1, 0.15) is 12.1 Å². The predicted octanol–water partition coefficient (Wildman–Crippen LogP) is 3.88. The summed E-state index contributed by atoms with van der Waals surface area (Å²) < 4.78 is 23.8. The molecule has 2 aromatic carbocycles. The molecule has 0 radical (unpaired) electrons. The lowest BCUT2D eigenvalue weighted by atomic mass is 10.1. The van der Waals surface area contributed by atoms with E-state index in [1.807, 2.05) is 43.1 Å². The molecule has 0 saturated carbocycles. The summed E-state index contributed by atoms with van der Waals surface area (Å²) in [5.41, 5.74) is 1.74. The summed E-state index contributed by atoms with van der Waals surface area (Å²) in [7, 11) is -1.39. The zero-order valence-corrected chi connectivity index (χ0v) is 15.7. The molecule has 1 aromatic heterocycles. The molecular weight excluding hydrogens is 358 g/mol. The lowest BCUT2D eigenvalue weighted by molar-refractivity contribution is 0.602. The van der Waals surface area contributed by atoms with Crippen LogP contribution in [0.15, 0.2) is 53.7 Å². The second-order valence-electron chi connectivity index (χ2n) is 5.99. The molecule has 0 bridgehead atoms. The highest BCUT2D eigenvalue weighted by Gasteiger charge is 2.18. The van der Waals surface area contributed by atoms with Crippen molar-refractivity contribution in [2.24, 2.45) is 0 Å². The molecule has 0 spiro atoms. The number of nitrogens with zero attached hydrogens (tertiary/aromatic N) is 3. The number of hydrogen-bond donors (Lipinski definition) is 0. The fraction of sp³-hybridized carbons (Fsp3) is 0.222. The molecule has 25 heavy (non-hydrogen) atoms. The van der Waals surface area contributed by atoms with Crippen LogP contribution in [0.3, 0.4) is 0 Å². The zero-order valence-electron chi connectivity index (χ0n) is 14.1. The second-order valence-corrected chi connectivity index (χ2v) is 8.44. The van der Waals surface area contributed by atoms with Gasteiger partial charge < -0.3 is 4.90 Å². The van der Waals surface area contributed by atoms with E-state index in [0.29, 0.717) is 21.7 Å². The van der Waals surface area contributed by atoms with E-state index in [2.05, 4.69) is 9.97 Å². The first kappa shape index (κ1) is 17.6. The first-order chi connectivity index (χ1) is 11.8. The maximum absolute atomic E-state index is 11.9. The van der Waals surface area contributed by atoms with Gasteiger partial charge in [0.2, 0.25) is 0 Å². The summed E-state index contributed by atoms with van der Waals surface area (Å²) in [6.45, 7) is 2.04. The lowest BCUT2D eigenvalue weighted by Crippen LogP contribution is -2.23. The summed E-state index contributed by atoms with van der Waals surface area (Å²) in [6, 6.07) is 12.5. The average Bonchev–Trinajstić information content (AvgIpc) is 2.58. The van der Waals surface area contributed by atoms with Crippen LogP contribution in [-0.4, -0.2) is 31.7 Å². The van der Waals surface area contributed by atoms with Crippen molar-refractivity contribution < 1.29 is 8.42 Å². The van der Waals surface area contributed by atoms with Gasteiger partial charge in [-0.2, -0.15) is 0 Å². The highest BCUT2D eigenvalue weighted by atomic mass is 35.5. The van der Waals surface area contributed by atoms with E-state index in [1.165, 1.54) is 12.6 Å². The Morgan fingerprint density at radius 1 is 1.12 bits per heavy atom. The molecule has 5 nitrogen and oxygen atoms in total. The maximum Gasteiger partial charge on any atom is 0.175 e. The molecule has 0 aliphatic rings. The third-order valence-corrected chi connectivity index (χ3v) is 5.61. The Balaban J connectivity index is 2.10. The minimum atomic E-state index is -3.31. The molecule has 0 aliphatic heterocycles. The van der Waals surface area contributed by atoms with Crippen molar-refractivity contribution in [1.29, 1.82) is 0 Å². The van der Waals surface area contributed by atoms with Gasteiger partial charge in [-0.25, -0.2) is 18.4 Å². The van der Waals surface area contributed by atoms with Crippen molar-refractivity contribution in [3.8, 4) is 0 Å². The van der Waals surface area contributed by atoms with Gasteiger partial charge in [-0.3, -0.25) is 0 Å². The molecule has 0 fully saturated rings. The molecule has 0 amide bonds. The molecule has 0 saturated heterocycles. The fourth-order valence-corrected chi connectivity index (χ4v) is 3.55. The monoisotopic (exact) mass is 375 g/mol. The summed E-state index contributed by atoms with van der Waals surface area (Å²) in [6.07, 6.45) is 2.68. The number of fused-ring (bicyclic) bond motifs is 1. The summed E-state index contributed by atoms with van der Waals surface area (Å²) in [5.74, 6) is 0.669. The zero-order chi connectivity index (χ0) is 18.2. The molecule has 7 heteroatoms.